The van der Waals surface area contributed by atoms with E-state index >= 15 is 0 Å². The standard InChI is InChI=1S/C34H40N6O4/c1-4-22-7-6-8-23(5-2)27(22)20-29(42)33-26-11-9-24-21-35-34(37-31(24)32(26)38-44-33)36-28-12-10-25(19-30(28)43-3)40-15-13-39(14-16-40)17-18-41/h6-8,10,12,19,21,41H,4-5,9,11,13-18,20H2,1-3H3,(H,35,36,37). The maximum atomic E-state index is 13.6. The van der Waals surface area contributed by atoms with Crippen LogP contribution in [-0.2, 0) is 32.1 Å². The number of Topliss-reactive ketones (excluding diaryl/α,β-unsaturated/α-hetero) is 1. The molecule has 2 aromatic heterocycles. The molecule has 0 bridgehead atoms. The lowest BCUT2D eigenvalue weighted by molar-refractivity contribution is 0.0955. The number of carbonyl (C=O) groups excluding carboxylic acids is 1. The zero-order valence-corrected chi connectivity index (χ0v) is 25.7. The molecule has 2 aromatic carbocycles. The molecule has 230 valence electrons. The number of fused-ring (bicyclic) bond motifs is 3. The summed E-state index contributed by atoms with van der Waals surface area (Å²) in [5.41, 5.74) is 8.42. The normalized spacial score (nSPS) is 14.7. The fraction of sp³-hybridized carbons (Fsp3) is 0.412. The topological polar surface area (TPSA) is 117 Å². The Hall–Kier alpha value is -4.28. The highest BCUT2D eigenvalue weighted by molar-refractivity contribution is 5.98. The number of aryl methyl sites for hydroxylation is 3. The molecule has 6 rings (SSSR count). The predicted octanol–water partition coefficient (Wildman–Crippen LogP) is 4.65. The van der Waals surface area contributed by atoms with Gasteiger partial charge in [0.2, 0.25) is 17.5 Å². The summed E-state index contributed by atoms with van der Waals surface area (Å²) in [5.74, 6) is 1.39. The predicted molar refractivity (Wildman–Crippen MR) is 170 cm³/mol. The van der Waals surface area contributed by atoms with Crippen molar-refractivity contribution in [3.63, 3.8) is 0 Å². The summed E-state index contributed by atoms with van der Waals surface area (Å²) in [5, 5.41) is 16.9. The second-order valence-corrected chi connectivity index (χ2v) is 11.3. The molecule has 0 saturated carbocycles. The first-order valence-corrected chi connectivity index (χ1v) is 15.5. The van der Waals surface area contributed by atoms with Crippen LogP contribution in [-0.4, -0.2) is 77.4 Å². The Labute approximate surface area is 258 Å². The first-order valence-electron chi connectivity index (χ1n) is 15.5. The minimum atomic E-state index is -0.0511. The number of piperazine rings is 1. The van der Waals surface area contributed by atoms with Gasteiger partial charge in [-0.3, -0.25) is 9.69 Å². The highest BCUT2D eigenvalue weighted by atomic mass is 16.5. The number of aliphatic hydroxyl groups is 1. The van der Waals surface area contributed by atoms with Crippen LogP contribution in [0.25, 0.3) is 11.4 Å². The van der Waals surface area contributed by atoms with Gasteiger partial charge in [0.15, 0.2) is 0 Å². The van der Waals surface area contributed by atoms with Gasteiger partial charge in [-0.05, 0) is 60.1 Å². The Morgan fingerprint density at radius 1 is 1.05 bits per heavy atom. The van der Waals surface area contributed by atoms with E-state index in [9.17, 15) is 9.90 Å². The van der Waals surface area contributed by atoms with Crippen molar-refractivity contribution in [1.29, 1.82) is 0 Å². The van der Waals surface area contributed by atoms with Gasteiger partial charge < -0.3 is 24.6 Å². The zero-order valence-electron chi connectivity index (χ0n) is 25.7. The summed E-state index contributed by atoms with van der Waals surface area (Å²) in [7, 11) is 1.65. The minimum absolute atomic E-state index is 0.0511. The van der Waals surface area contributed by atoms with Crippen LogP contribution >= 0.6 is 0 Å². The maximum absolute atomic E-state index is 13.6. The van der Waals surface area contributed by atoms with Crippen molar-refractivity contribution in [3.05, 3.63) is 76.2 Å². The summed E-state index contributed by atoms with van der Waals surface area (Å²) in [4.78, 5) is 27.5. The number of ketones is 1. The third kappa shape index (κ3) is 5.92. The Morgan fingerprint density at radius 3 is 2.52 bits per heavy atom. The van der Waals surface area contributed by atoms with E-state index < -0.39 is 0 Å². The summed E-state index contributed by atoms with van der Waals surface area (Å²) < 4.78 is 11.5. The van der Waals surface area contributed by atoms with Crippen LogP contribution < -0.4 is 15.0 Å². The Bertz CT molecular complexity index is 1620. The van der Waals surface area contributed by atoms with E-state index in [1.165, 1.54) is 11.1 Å². The number of hydrogen-bond donors (Lipinski definition) is 2. The van der Waals surface area contributed by atoms with Crippen molar-refractivity contribution in [3.8, 4) is 17.1 Å². The molecule has 2 N–H and O–H groups in total. The van der Waals surface area contributed by atoms with Gasteiger partial charge in [0.1, 0.15) is 17.1 Å². The van der Waals surface area contributed by atoms with Crippen LogP contribution in [0.2, 0.25) is 0 Å². The number of β-amino-alcohol motifs (C(OH)–C–C–N with tert-alkyl or cyclic N) is 1. The molecule has 0 spiro atoms. The molecule has 1 fully saturated rings. The van der Waals surface area contributed by atoms with E-state index in [0.717, 1.165) is 67.1 Å². The number of methoxy groups -OCH3 is 1. The van der Waals surface area contributed by atoms with Crippen LogP contribution in [0, 0.1) is 0 Å². The fourth-order valence-electron chi connectivity index (χ4n) is 6.35. The summed E-state index contributed by atoms with van der Waals surface area (Å²) >= 11 is 0. The smallest absolute Gasteiger partial charge is 0.227 e. The number of rotatable bonds is 11. The van der Waals surface area contributed by atoms with Crippen molar-refractivity contribution < 1.29 is 19.2 Å². The molecule has 0 atom stereocenters. The van der Waals surface area contributed by atoms with Crippen LogP contribution in [0.15, 0.2) is 47.1 Å². The van der Waals surface area contributed by atoms with Crippen LogP contribution in [0.5, 0.6) is 5.75 Å². The number of carbonyl (C=O) groups is 1. The molecule has 0 amide bonds. The molecule has 1 aliphatic heterocycles. The SMILES string of the molecule is CCc1cccc(CC)c1CC(=O)c1onc2c1CCc1cnc(Nc3ccc(N4CCN(CCO)CC4)cc3OC)nc1-2. The molecule has 0 unspecified atom stereocenters. The summed E-state index contributed by atoms with van der Waals surface area (Å²) in [6, 6.07) is 12.3. The number of hydrogen-bond acceptors (Lipinski definition) is 10. The molecule has 1 aliphatic carbocycles. The molecular formula is C34H40N6O4. The van der Waals surface area contributed by atoms with Gasteiger partial charge in [0.25, 0.3) is 0 Å². The van der Waals surface area contributed by atoms with Crippen LogP contribution in [0.1, 0.15) is 52.2 Å². The van der Waals surface area contributed by atoms with Crippen molar-refractivity contribution in [1.82, 2.24) is 20.0 Å². The fourth-order valence-corrected chi connectivity index (χ4v) is 6.35. The number of aromatic nitrogens is 3. The third-order valence-corrected chi connectivity index (χ3v) is 8.83. The van der Waals surface area contributed by atoms with E-state index in [2.05, 4.69) is 63.4 Å². The molecule has 2 aliphatic rings. The van der Waals surface area contributed by atoms with Crippen molar-refractivity contribution >= 4 is 23.1 Å². The average molecular weight is 597 g/mol. The summed E-state index contributed by atoms with van der Waals surface area (Å²) in [6.07, 6.45) is 5.23. The number of nitrogens with zero attached hydrogens (tertiary/aromatic N) is 5. The largest absolute Gasteiger partial charge is 0.494 e. The lowest BCUT2D eigenvalue weighted by atomic mass is 9.89. The van der Waals surface area contributed by atoms with Crippen molar-refractivity contribution in [2.24, 2.45) is 0 Å². The first-order chi connectivity index (χ1) is 21.5. The Kier molecular flexibility index (Phi) is 8.90. The van der Waals surface area contributed by atoms with Gasteiger partial charge in [0.05, 0.1) is 19.4 Å². The van der Waals surface area contributed by atoms with E-state index in [0.29, 0.717) is 54.7 Å². The van der Waals surface area contributed by atoms with Gasteiger partial charge in [-0.15, -0.1) is 0 Å². The number of nitrogens with one attached hydrogen (secondary N) is 1. The first kappa shape index (κ1) is 29.8. The molecule has 10 heteroatoms. The molecular weight excluding hydrogens is 556 g/mol. The Balaban J connectivity index is 1.21. The highest BCUT2D eigenvalue weighted by Crippen LogP contribution is 2.36. The van der Waals surface area contributed by atoms with E-state index in [1.807, 2.05) is 18.3 Å². The van der Waals surface area contributed by atoms with Crippen LogP contribution in [0.4, 0.5) is 17.3 Å². The van der Waals surface area contributed by atoms with E-state index in [4.69, 9.17) is 14.2 Å². The molecule has 1 saturated heterocycles. The maximum Gasteiger partial charge on any atom is 0.227 e. The third-order valence-electron chi connectivity index (χ3n) is 8.83. The highest BCUT2D eigenvalue weighted by Gasteiger charge is 2.30. The van der Waals surface area contributed by atoms with E-state index in [-0.39, 0.29) is 12.4 Å². The number of benzene rings is 2. The van der Waals surface area contributed by atoms with Crippen molar-refractivity contribution in [2.75, 3.05) is 56.7 Å². The number of ether oxygens (including phenoxy) is 1. The second kappa shape index (κ2) is 13.2. The minimum Gasteiger partial charge on any atom is -0.494 e. The average Bonchev–Trinajstić information content (AvgIpc) is 3.50. The second-order valence-electron chi connectivity index (χ2n) is 11.3. The molecule has 0 radical (unpaired) electrons. The lowest BCUT2D eigenvalue weighted by Gasteiger charge is -2.36. The Morgan fingerprint density at radius 2 is 1.82 bits per heavy atom. The van der Waals surface area contributed by atoms with E-state index in [1.54, 1.807) is 7.11 Å². The van der Waals surface area contributed by atoms with Gasteiger partial charge in [-0.1, -0.05) is 37.2 Å². The monoisotopic (exact) mass is 596 g/mol. The van der Waals surface area contributed by atoms with Gasteiger partial charge in [0, 0.05) is 62.7 Å². The number of aliphatic hydroxyl groups excluding tert-OH is 1. The van der Waals surface area contributed by atoms with Crippen molar-refractivity contribution in [2.45, 2.75) is 46.0 Å². The van der Waals surface area contributed by atoms with Crippen LogP contribution in [0.3, 0.4) is 0 Å². The molecule has 3 heterocycles. The zero-order chi connectivity index (χ0) is 30.6. The number of anilines is 3. The van der Waals surface area contributed by atoms with Gasteiger partial charge in [-0.2, -0.15) is 0 Å². The molecule has 10 nitrogen and oxygen atoms in total. The van der Waals surface area contributed by atoms with Gasteiger partial charge in [-0.25, -0.2) is 9.97 Å². The quantitative estimate of drug-likeness (QED) is 0.237. The summed E-state index contributed by atoms with van der Waals surface area (Å²) in [6.45, 7) is 8.73. The molecule has 4 aromatic rings. The lowest BCUT2D eigenvalue weighted by Crippen LogP contribution is -2.47. The molecule has 44 heavy (non-hydrogen) atoms. The van der Waals surface area contributed by atoms with Gasteiger partial charge >= 0.3 is 0 Å².